The standard InChI is InChI=1S/C29H48N4O11.C15H28O6.C12H22O7.C7H16O4/c1-4-23(20-34)44-29(40-3)21-43-28(39)7-5-6-22(2)30-12-13-31-25(36)11-16-41-18-19-42-17-14-32-24(35)10-15-33-26(37)8-9-27(33)38;1-5-12(9-16)21-15(19-4)10-20-14(18)8-6-7-13(17)11(2)3;1-3-9(7-13)19-12(17-2)8-18-11(16)6-4-5-10(14)15;1-3-6(4-8)11-7(5-9)10-2/h8-9,23,29-30,34H,2,4-7,10-21H2,1,3H3,(H,31,36)(H,32,35);11-12,15-16H,5-10H2,1-4H3;9,12-13H,3-8H2,1-2H3,(H,14,15);6-9H,3-5H2,1-2H3/i;11D;;. The number of aliphatic hydroxyl groups is 5. The average molecular weight is 1380 g/mol. The first-order valence-corrected chi connectivity index (χ1v) is 31.9. The number of nitrogens with one attached hydrogen (secondary N) is 3. The summed E-state index contributed by atoms with van der Waals surface area (Å²) in [5.41, 5.74) is 0.745. The smallest absolute Gasteiger partial charge is 0.305 e. The largest absolute Gasteiger partial charge is 0.481 e. The number of aliphatic carboxylic acids is 1. The second-order valence-electron chi connectivity index (χ2n) is 20.8. The van der Waals surface area contributed by atoms with Crippen molar-refractivity contribution in [3.63, 3.8) is 0 Å². The van der Waals surface area contributed by atoms with E-state index in [-0.39, 0.29) is 179 Å². The molecule has 554 valence electrons. The quantitative estimate of drug-likeness (QED) is 0.0137. The summed E-state index contributed by atoms with van der Waals surface area (Å²) in [6.45, 7) is 15.9. The minimum atomic E-state index is -1.13. The number of carbonyl (C=O) groups excluding carboxylic acids is 8. The van der Waals surface area contributed by atoms with Crippen LogP contribution in [0.25, 0.3) is 0 Å². The number of imide groups is 1. The molecule has 95 heavy (non-hydrogen) atoms. The molecule has 1 rings (SSSR count). The summed E-state index contributed by atoms with van der Waals surface area (Å²) in [7, 11) is 5.73. The minimum Gasteiger partial charge on any atom is -0.481 e. The Hall–Kier alpha value is -5.69. The summed E-state index contributed by atoms with van der Waals surface area (Å²) in [4.78, 5) is 104. The normalized spacial score (nSPS) is 14.5. The molecule has 0 aromatic heterocycles. The molecule has 0 fully saturated rings. The molecule has 0 spiro atoms. The van der Waals surface area contributed by atoms with Crippen molar-refractivity contribution in [2.24, 2.45) is 5.89 Å². The predicted octanol–water partition coefficient (Wildman–Crippen LogP) is 1.50. The van der Waals surface area contributed by atoms with Gasteiger partial charge in [0.15, 0.2) is 25.2 Å². The van der Waals surface area contributed by atoms with E-state index in [4.69, 9.17) is 88.5 Å². The Bertz CT molecular complexity index is 2090. The lowest BCUT2D eigenvalue weighted by atomic mass is 10.0. The monoisotopic (exact) mass is 1380 g/mol. The fraction of sp³-hybridized carbons (Fsp3) is 0.794. The number of aliphatic hydroxyl groups excluding tert-OH is 5. The Labute approximate surface area is 561 Å². The molecular weight excluding hydrogens is 1260 g/mol. The second-order valence-corrected chi connectivity index (χ2v) is 20.8. The third kappa shape index (κ3) is 54.1. The molecule has 1 aliphatic rings. The number of rotatable bonds is 56. The van der Waals surface area contributed by atoms with Crippen LogP contribution in [0.5, 0.6) is 0 Å². The molecule has 0 radical (unpaired) electrons. The first-order chi connectivity index (χ1) is 45.7. The molecule has 32 nitrogen and oxygen atoms in total. The van der Waals surface area contributed by atoms with Crippen molar-refractivity contribution < 1.29 is 137 Å². The highest BCUT2D eigenvalue weighted by molar-refractivity contribution is 6.13. The van der Waals surface area contributed by atoms with Crippen LogP contribution in [0.1, 0.15) is 139 Å². The van der Waals surface area contributed by atoms with Gasteiger partial charge >= 0.3 is 23.9 Å². The summed E-state index contributed by atoms with van der Waals surface area (Å²) in [5, 5.41) is 61.5. The molecular formula is C63H114N4O28. The number of carbonyl (C=O) groups is 9. The van der Waals surface area contributed by atoms with Crippen molar-refractivity contribution in [1.29, 1.82) is 0 Å². The number of methoxy groups -OCH3 is 4. The van der Waals surface area contributed by atoms with Crippen LogP contribution >= 0.6 is 0 Å². The zero-order valence-electron chi connectivity index (χ0n) is 58.5. The summed E-state index contributed by atoms with van der Waals surface area (Å²) in [5.74, 6) is -4.87. The molecule has 1 aliphatic heterocycles. The highest BCUT2D eigenvalue weighted by atomic mass is 16.7. The van der Waals surface area contributed by atoms with Gasteiger partial charge in [-0.15, -0.1) is 0 Å². The Morgan fingerprint density at radius 3 is 1.23 bits per heavy atom. The van der Waals surface area contributed by atoms with E-state index in [1.807, 2.05) is 27.7 Å². The number of amides is 4. The molecule has 8 atom stereocenters. The van der Waals surface area contributed by atoms with Gasteiger partial charge in [-0.3, -0.25) is 48.1 Å². The molecule has 1 heterocycles. The molecule has 8 unspecified atom stereocenters. The molecule has 0 saturated carbocycles. The highest BCUT2D eigenvalue weighted by Gasteiger charge is 2.24. The van der Waals surface area contributed by atoms with Gasteiger partial charge in [-0.05, 0) is 51.4 Å². The van der Waals surface area contributed by atoms with Crippen molar-refractivity contribution in [2.75, 3.05) is 134 Å². The van der Waals surface area contributed by atoms with Gasteiger partial charge in [0.2, 0.25) is 11.8 Å². The Morgan fingerprint density at radius 1 is 0.484 bits per heavy atom. The molecule has 0 saturated heterocycles. The number of allylic oxidation sites excluding steroid dienone is 1. The van der Waals surface area contributed by atoms with Gasteiger partial charge in [0.05, 0.1) is 83.9 Å². The maximum atomic E-state index is 12.0. The predicted molar refractivity (Wildman–Crippen MR) is 341 cm³/mol. The van der Waals surface area contributed by atoms with Crippen LogP contribution in [0.15, 0.2) is 24.4 Å². The van der Waals surface area contributed by atoms with Crippen LogP contribution in [0.3, 0.4) is 0 Å². The Morgan fingerprint density at radius 2 is 0.853 bits per heavy atom. The lowest BCUT2D eigenvalue weighted by Gasteiger charge is -2.21. The minimum absolute atomic E-state index is 0.0219. The zero-order chi connectivity index (χ0) is 73.1. The van der Waals surface area contributed by atoms with E-state index >= 15 is 0 Å². The van der Waals surface area contributed by atoms with Crippen LogP contribution in [-0.4, -0.2) is 272 Å². The van der Waals surface area contributed by atoms with E-state index in [0.717, 1.165) is 10.6 Å². The van der Waals surface area contributed by atoms with Crippen LogP contribution in [0.4, 0.5) is 0 Å². The van der Waals surface area contributed by atoms with E-state index in [9.17, 15) is 48.3 Å². The summed E-state index contributed by atoms with van der Waals surface area (Å²) >= 11 is 0. The van der Waals surface area contributed by atoms with Crippen molar-refractivity contribution in [3.8, 4) is 0 Å². The molecule has 4 amide bonds. The zero-order valence-corrected chi connectivity index (χ0v) is 57.5. The number of hydrogen-bond acceptors (Lipinski definition) is 28. The average Bonchev–Trinajstić information content (AvgIpc) is 1.79. The number of hydrogen-bond donors (Lipinski definition) is 9. The van der Waals surface area contributed by atoms with E-state index in [2.05, 4.69) is 22.5 Å². The topological polar surface area (TPSA) is 434 Å². The first-order valence-electron chi connectivity index (χ1n) is 32.4. The van der Waals surface area contributed by atoms with Crippen molar-refractivity contribution in [1.82, 2.24) is 20.9 Å². The van der Waals surface area contributed by atoms with Crippen LogP contribution in [0, 0.1) is 5.89 Å². The van der Waals surface area contributed by atoms with Crippen LogP contribution in [0.2, 0.25) is 0 Å². The summed E-state index contributed by atoms with van der Waals surface area (Å²) in [6.07, 6.45) is 3.13. The number of ether oxygens (including phenoxy) is 13. The maximum Gasteiger partial charge on any atom is 0.305 e. The molecule has 0 aromatic rings. The number of carboxylic acids is 1. The first kappa shape index (κ1) is 91.4. The Balaban J connectivity index is -0.00000138. The lowest BCUT2D eigenvalue weighted by molar-refractivity contribution is -0.194. The summed E-state index contributed by atoms with van der Waals surface area (Å²) in [6, 6.07) is 0. The van der Waals surface area contributed by atoms with Gasteiger partial charge in [-0.25, -0.2) is 0 Å². The number of esters is 3. The fourth-order valence-corrected chi connectivity index (χ4v) is 7.09. The van der Waals surface area contributed by atoms with Crippen molar-refractivity contribution in [2.45, 2.75) is 187 Å². The van der Waals surface area contributed by atoms with E-state index < -0.39 is 60.8 Å². The lowest BCUT2D eigenvalue weighted by Crippen LogP contribution is -2.35. The third-order valence-electron chi connectivity index (χ3n) is 13.0. The third-order valence-corrected chi connectivity index (χ3v) is 13.0. The molecule has 0 aliphatic carbocycles. The van der Waals surface area contributed by atoms with Gasteiger partial charge in [0, 0.05) is 125 Å². The van der Waals surface area contributed by atoms with Gasteiger partial charge < -0.3 is 108 Å². The van der Waals surface area contributed by atoms with Gasteiger partial charge in [0.1, 0.15) is 25.6 Å². The van der Waals surface area contributed by atoms with Gasteiger partial charge in [-0.1, -0.05) is 48.1 Å². The van der Waals surface area contributed by atoms with Crippen LogP contribution < -0.4 is 16.0 Å². The molecule has 9 N–H and O–H groups in total. The Kier molecular flexibility index (Phi) is 60.7. The van der Waals surface area contributed by atoms with Crippen LogP contribution in [-0.2, 0) is 105 Å². The van der Waals surface area contributed by atoms with E-state index in [1.54, 1.807) is 0 Å². The van der Waals surface area contributed by atoms with Gasteiger partial charge in [0.25, 0.3) is 11.8 Å². The number of ketones is 1. The molecule has 32 heteroatoms. The molecule has 0 bridgehead atoms. The van der Waals surface area contributed by atoms with E-state index in [1.165, 1.54) is 54.4 Å². The highest BCUT2D eigenvalue weighted by Crippen LogP contribution is 2.11. The SMILES string of the molecule is C=C(CCCC(=O)OCC(OC)OC(CC)CO)NCCNC(=O)CCOCCOCCNC(=O)CCN1C(=O)C=CC1=O.CCC(CO)OC(CO)OC.CCC(CO)OC(COC(=O)CCCC(=O)O)OC.[2H]C(C)(C)C(=O)CCCC(=O)OCC(OC)OC(CC)CO. The molecule has 0 aromatic carbocycles. The van der Waals surface area contributed by atoms with Crippen molar-refractivity contribution in [3.05, 3.63) is 24.4 Å². The summed E-state index contributed by atoms with van der Waals surface area (Å²) < 4.78 is 74.7. The number of nitrogens with zero attached hydrogens (tertiary/aromatic N) is 1. The number of carboxylic acid groups (broad SMARTS) is 1. The van der Waals surface area contributed by atoms with Gasteiger partial charge in [-0.2, -0.15) is 0 Å². The second kappa shape index (κ2) is 63.1. The van der Waals surface area contributed by atoms with Crippen molar-refractivity contribution >= 4 is 53.3 Å². The number of Topliss-reactive ketones (excluding diaryl/α,β-unsaturated/α-hetero) is 1. The fourth-order valence-electron chi connectivity index (χ4n) is 7.09. The maximum absolute atomic E-state index is 12.0. The van der Waals surface area contributed by atoms with E-state index in [0.29, 0.717) is 71.2 Å².